The van der Waals surface area contributed by atoms with Crippen molar-refractivity contribution in [1.29, 1.82) is 0 Å². The average molecular weight is 219 g/mol. The van der Waals surface area contributed by atoms with Gasteiger partial charge in [0.05, 0.1) is 11.9 Å². The molecule has 3 heteroatoms. The molecule has 1 aromatic rings. The summed E-state index contributed by atoms with van der Waals surface area (Å²) in [6.45, 7) is 2.30. The van der Waals surface area contributed by atoms with Crippen molar-refractivity contribution in [2.24, 2.45) is 11.7 Å². The Morgan fingerprint density at radius 3 is 2.88 bits per heavy atom. The zero-order valence-electron chi connectivity index (χ0n) is 10.1. The zero-order chi connectivity index (χ0) is 11.5. The molecule has 3 atom stereocenters. The van der Waals surface area contributed by atoms with Crippen LogP contribution in [0.4, 0.5) is 5.69 Å². The summed E-state index contributed by atoms with van der Waals surface area (Å²) in [5.41, 5.74) is 8.63. The van der Waals surface area contributed by atoms with Gasteiger partial charge in [-0.3, -0.25) is 4.98 Å². The second-order valence-electron chi connectivity index (χ2n) is 4.98. The number of hydrogen-bond acceptors (Lipinski definition) is 3. The van der Waals surface area contributed by atoms with Gasteiger partial charge in [-0.25, -0.2) is 0 Å². The highest BCUT2D eigenvalue weighted by atomic mass is 14.8. The molecule has 0 aromatic carbocycles. The van der Waals surface area contributed by atoms with Crippen LogP contribution in [0.2, 0.25) is 0 Å². The second-order valence-corrected chi connectivity index (χ2v) is 4.98. The van der Waals surface area contributed by atoms with Gasteiger partial charge in [0.1, 0.15) is 0 Å². The van der Waals surface area contributed by atoms with Crippen molar-refractivity contribution >= 4 is 5.69 Å². The lowest BCUT2D eigenvalue weighted by Gasteiger charge is -2.32. The van der Waals surface area contributed by atoms with E-state index in [0.717, 1.165) is 24.4 Å². The Bertz CT molecular complexity index is 341. The maximum atomic E-state index is 6.11. The van der Waals surface area contributed by atoms with Crippen molar-refractivity contribution in [2.75, 3.05) is 12.4 Å². The maximum Gasteiger partial charge on any atom is 0.0559 e. The van der Waals surface area contributed by atoms with Crippen molar-refractivity contribution in [3.05, 3.63) is 24.0 Å². The first kappa shape index (κ1) is 11.4. The molecule has 0 saturated heterocycles. The van der Waals surface area contributed by atoms with Crippen LogP contribution in [0, 0.1) is 5.92 Å². The first-order valence-electron chi connectivity index (χ1n) is 6.08. The van der Waals surface area contributed by atoms with Crippen LogP contribution >= 0.6 is 0 Å². The largest absolute Gasteiger partial charge is 0.387 e. The number of pyridine rings is 1. The number of nitrogens with zero attached hydrogens (tertiary/aromatic N) is 1. The molecule has 2 unspecified atom stereocenters. The molecule has 0 bridgehead atoms. The average Bonchev–Trinajstić information content (AvgIpc) is 2.27. The molecule has 2 rings (SSSR count). The molecule has 3 N–H and O–H groups in total. The van der Waals surface area contributed by atoms with Crippen LogP contribution in [-0.4, -0.2) is 18.1 Å². The van der Waals surface area contributed by atoms with E-state index in [4.69, 9.17) is 5.73 Å². The fraction of sp³-hybridized carbons (Fsp3) is 0.615. The van der Waals surface area contributed by atoms with Crippen LogP contribution in [-0.2, 0) is 0 Å². The van der Waals surface area contributed by atoms with Gasteiger partial charge in [0, 0.05) is 19.3 Å². The minimum atomic E-state index is 0.353. The zero-order valence-corrected chi connectivity index (χ0v) is 10.1. The van der Waals surface area contributed by atoms with Gasteiger partial charge in [0.25, 0.3) is 0 Å². The second kappa shape index (κ2) is 4.83. The highest BCUT2D eigenvalue weighted by Gasteiger charge is 2.26. The summed E-state index contributed by atoms with van der Waals surface area (Å²) < 4.78 is 0. The van der Waals surface area contributed by atoms with Gasteiger partial charge in [0.2, 0.25) is 0 Å². The number of nitrogens with one attached hydrogen (secondary N) is 1. The van der Waals surface area contributed by atoms with E-state index in [2.05, 4.69) is 23.3 Å². The van der Waals surface area contributed by atoms with Crippen LogP contribution in [0.15, 0.2) is 18.5 Å². The molecular formula is C13H21N3. The topological polar surface area (TPSA) is 50.9 Å². The van der Waals surface area contributed by atoms with Crippen LogP contribution < -0.4 is 11.1 Å². The van der Waals surface area contributed by atoms with Crippen LogP contribution in [0.5, 0.6) is 0 Å². The molecule has 16 heavy (non-hydrogen) atoms. The number of nitrogens with two attached hydrogens (primary N) is 1. The van der Waals surface area contributed by atoms with Crippen LogP contribution in [0.3, 0.4) is 0 Å². The molecule has 0 amide bonds. The Kier molecular flexibility index (Phi) is 3.44. The number of rotatable bonds is 2. The molecule has 1 saturated carbocycles. The van der Waals surface area contributed by atoms with E-state index in [-0.39, 0.29) is 0 Å². The molecule has 1 aliphatic rings. The summed E-state index contributed by atoms with van der Waals surface area (Å²) in [5, 5.41) is 3.22. The van der Waals surface area contributed by atoms with E-state index in [9.17, 15) is 0 Å². The Hall–Kier alpha value is -1.09. The minimum absolute atomic E-state index is 0.353. The number of aromatic nitrogens is 1. The molecule has 3 nitrogen and oxygen atoms in total. The fourth-order valence-corrected chi connectivity index (χ4v) is 2.88. The summed E-state index contributed by atoms with van der Waals surface area (Å²) in [4.78, 5) is 4.16. The third-order valence-corrected chi connectivity index (χ3v) is 3.54. The van der Waals surface area contributed by atoms with Crippen LogP contribution in [0.25, 0.3) is 0 Å². The van der Waals surface area contributed by atoms with E-state index in [1.807, 2.05) is 19.4 Å². The van der Waals surface area contributed by atoms with Gasteiger partial charge in [-0.15, -0.1) is 0 Å². The quantitative estimate of drug-likeness (QED) is 0.802. The maximum absolute atomic E-state index is 6.11. The highest BCUT2D eigenvalue weighted by molar-refractivity contribution is 5.50. The van der Waals surface area contributed by atoms with Crippen molar-refractivity contribution in [2.45, 2.75) is 38.1 Å². The predicted octanol–water partition coefficient (Wildman–Crippen LogP) is 2.35. The summed E-state index contributed by atoms with van der Waals surface area (Å²) in [7, 11) is 1.95. The fourth-order valence-electron chi connectivity index (χ4n) is 2.88. The molecule has 0 aliphatic heterocycles. The minimum Gasteiger partial charge on any atom is -0.387 e. The van der Waals surface area contributed by atoms with Gasteiger partial charge >= 0.3 is 0 Å². The van der Waals surface area contributed by atoms with Crippen molar-refractivity contribution in [3.63, 3.8) is 0 Å². The number of anilines is 1. The van der Waals surface area contributed by atoms with Gasteiger partial charge in [-0.2, -0.15) is 0 Å². The smallest absolute Gasteiger partial charge is 0.0559 e. The normalized spacial score (nSPS) is 30.1. The van der Waals surface area contributed by atoms with Gasteiger partial charge in [-0.05, 0) is 42.7 Å². The monoisotopic (exact) mass is 219 g/mol. The molecular weight excluding hydrogens is 198 g/mol. The third-order valence-electron chi connectivity index (χ3n) is 3.54. The lowest BCUT2D eigenvalue weighted by Crippen LogP contribution is -2.31. The summed E-state index contributed by atoms with van der Waals surface area (Å²) in [6.07, 6.45) is 7.28. The molecule has 1 aromatic heterocycles. The third kappa shape index (κ3) is 2.35. The Morgan fingerprint density at radius 2 is 2.19 bits per heavy atom. The van der Waals surface area contributed by atoms with Crippen molar-refractivity contribution in [1.82, 2.24) is 4.98 Å². The summed E-state index contributed by atoms with van der Waals surface area (Å²) in [5.74, 6) is 1.32. The van der Waals surface area contributed by atoms with Gasteiger partial charge < -0.3 is 11.1 Å². The van der Waals surface area contributed by atoms with E-state index >= 15 is 0 Å². The van der Waals surface area contributed by atoms with E-state index in [0.29, 0.717) is 12.0 Å². The molecule has 1 fully saturated rings. The molecule has 88 valence electrons. The SMILES string of the molecule is CNc1cnccc1C1CC(C)C[C@H](N)C1. The molecule has 0 radical (unpaired) electrons. The lowest BCUT2D eigenvalue weighted by atomic mass is 9.76. The van der Waals surface area contributed by atoms with E-state index in [1.54, 1.807) is 0 Å². The van der Waals surface area contributed by atoms with Gasteiger partial charge in [-0.1, -0.05) is 6.92 Å². The van der Waals surface area contributed by atoms with Crippen LogP contribution in [0.1, 0.15) is 37.7 Å². The van der Waals surface area contributed by atoms with Gasteiger partial charge in [0.15, 0.2) is 0 Å². The van der Waals surface area contributed by atoms with Crippen molar-refractivity contribution < 1.29 is 0 Å². The predicted molar refractivity (Wildman–Crippen MR) is 67.5 cm³/mol. The molecule has 1 aliphatic carbocycles. The Morgan fingerprint density at radius 1 is 1.38 bits per heavy atom. The van der Waals surface area contributed by atoms with Crippen molar-refractivity contribution in [3.8, 4) is 0 Å². The lowest BCUT2D eigenvalue weighted by molar-refractivity contribution is 0.308. The van der Waals surface area contributed by atoms with E-state index in [1.165, 1.54) is 12.0 Å². The molecule has 0 spiro atoms. The standard InChI is InChI=1S/C13H21N3/c1-9-5-10(7-11(14)6-9)12-3-4-16-8-13(12)15-2/h3-4,8-11,15H,5-7,14H2,1-2H3/t9?,10?,11-/m0/s1. The first-order chi connectivity index (χ1) is 7.70. The summed E-state index contributed by atoms with van der Waals surface area (Å²) in [6, 6.07) is 2.48. The van der Waals surface area contributed by atoms with E-state index < -0.39 is 0 Å². The summed E-state index contributed by atoms with van der Waals surface area (Å²) >= 11 is 0. The first-order valence-corrected chi connectivity index (χ1v) is 6.08. The Labute approximate surface area is 97.5 Å². The Balaban J connectivity index is 2.22. The number of hydrogen-bond donors (Lipinski definition) is 2. The highest BCUT2D eigenvalue weighted by Crippen LogP contribution is 2.37. The molecule has 1 heterocycles.